The first kappa shape index (κ1) is 14.8. The monoisotopic (exact) mass is 309 g/mol. The molecule has 0 unspecified atom stereocenters. The van der Waals surface area contributed by atoms with E-state index in [1.165, 1.54) is 5.69 Å². The summed E-state index contributed by atoms with van der Waals surface area (Å²) in [4.78, 5) is 10.7. The predicted octanol–water partition coefficient (Wildman–Crippen LogP) is 0.884. The van der Waals surface area contributed by atoms with E-state index in [1.54, 1.807) is 18.4 Å². The van der Waals surface area contributed by atoms with Crippen LogP contribution in [0, 0.1) is 0 Å². The van der Waals surface area contributed by atoms with Gasteiger partial charge in [0.15, 0.2) is 10.8 Å². The van der Waals surface area contributed by atoms with Gasteiger partial charge >= 0.3 is 0 Å². The van der Waals surface area contributed by atoms with E-state index in [9.17, 15) is 0 Å². The van der Waals surface area contributed by atoms with Gasteiger partial charge in [0.1, 0.15) is 0 Å². The second kappa shape index (κ2) is 6.74. The van der Waals surface area contributed by atoms with E-state index in [-0.39, 0.29) is 0 Å². The fraction of sp³-hybridized carbons (Fsp3) is 0.643. The first-order valence-electron chi connectivity index (χ1n) is 7.37. The number of methoxy groups -OCH3 is 1. The normalized spacial score (nSPS) is 17.0. The summed E-state index contributed by atoms with van der Waals surface area (Å²) in [5.41, 5.74) is 1.26. The summed E-state index contributed by atoms with van der Waals surface area (Å²) in [5.74, 6) is 1.14. The third kappa shape index (κ3) is 3.21. The highest BCUT2D eigenvalue weighted by Crippen LogP contribution is 2.25. The summed E-state index contributed by atoms with van der Waals surface area (Å²) in [7, 11) is 3.91. The van der Waals surface area contributed by atoms with Crippen molar-refractivity contribution in [3.63, 3.8) is 0 Å². The van der Waals surface area contributed by atoms with Gasteiger partial charge in [0.2, 0.25) is 0 Å². The zero-order chi connectivity index (χ0) is 14.7. The molecule has 3 rings (SSSR count). The maximum absolute atomic E-state index is 5.09. The highest BCUT2D eigenvalue weighted by Gasteiger charge is 2.21. The number of hydrogen-bond acceptors (Lipinski definition) is 6. The van der Waals surface area contributed by atoms with Gasteiger partial charge in [0.05, 0.1) is 12.3 Å². The quantitative estimate of drug-likeness (QED) is 0.803. The van der Waals surface area contributed by atoms with Crippen molar-refractivity contribution in [3.8, 4) is 0 Å². The smallest absolute Gasteiger partial charge is 0.195 e. The Morgan fingerprint density at radius 2 is 2.14 bits per heavy atom. The van der Waals surface area contributed by atoms with Crippen molar-refractivity contribution in [1.82, 2.24) is 19.6 Å². The van der Waals surface area contributed by atoms with Crippen LogP contribution in [0.15, 0.2) is 11.6 Å². The number of anilines is 1. The SMILES string of the molecule is COCCNCc1c(N2CCN(C)CC2)nc2sccn12. The van der Waals surface area contributed by atoms with Gasteiger partial charge in [-0.15, -0.1) is 11.3 Å². The molecule has 6 nitrogen and oxygen atoms in total. The van der Waals surface area contributed by atoms with Gasteiger partial charge in [0, 0.05) is 58.0 Å². The topological polar surface area (TPSA) is 45.0 Å². The molecule has 21 heavy (non-hydrogen) atoms. The standard InChI is InChI=1S/C14H23N5OS/c1-17-4-6-18(7-5-17)13-12(11-15-3-9-20-2)19-8-10-21-14(19)16-13/h8,10,15H,3-7,9,11H2,1-2H3. The summed E-state index contributed by atoms with van der Waals surface area (Å²) < 4.78 is 7.30. The van der Waals surface area contributed by atoms with E-state index in [2.05, 4.69) is 38.1 Å². The molecule has 0 aliphatic carbocycles. The highest BCUT2D eigenvalue weighted by atomic mass is 32.1. The molecule has 0 saturated carbocycles. The lowest BCUT2D eigenvalue weighted by Crippen LogP contribution is -2.45. The third-order valence-electron chi connectivity index (χ3n) is 3.92. The van der Waals surface area contributed by atoms with Crippen LogP contribution in [0.4, 0.5) is 5.82 Å². The van der Waals surface area contributed by atoms with Gasteiger partial charge in [0.25, 0.3) is 0 Å². The highest BCUT2D eigenvalue weighted by molar-refractivity contribution is 7.15. The average molecular weight is 309 g/mol. The number of rotatable bonds is 6. The lowest BCUT2D eigenvalue weighted by Gasteiger charge is -2.33. The number of thiazole rings is 1. The zero-order valence-corrected chi connectivity index (χ0v) is 13.5. The van der Waals surface area contributed by atoms with Crippen LogP contribution in [-0.4, -0.2) is 67.8 Å². The first-order valence-corrected chi connectivity index (χ1v) is 8.25. The predicted molar refractivity (Wildman–Crippen MR) is 86.4 cm³/mol. The average Bonchev–Trinajstić information content (AvgIpc) is 3.06. The van der Waals surface area contributed by atoms with Gasteiger partial charge in [-0.05, 0) is 7.05 Å². The van der Waals surface area contributed by atoms with Crippen molar-refractivity contribution < 1.29 is 4.74 Å². The minimum absolute atomic E-state index is 0.732. The number of imidazole rings is 1. The van der Waals surface area contributed by atoms with Crippen LogP contribution in [0.1, 0.15) is 5.69 Å². The lowest BCUT2D eigenvalue weighted by atomic mass is 10.3. The Morgan fingerprint density at radius 1 is 1.33 bits per heavy atom. The number of aromatic nitrogens is 2. The summed E-state index contributed by atoms with van der Waals surface area (Å²) in [6, 6.07) is 0. The molecule has 1 aliphatic rings. The van der Waals surface area contributed by atoms with Crippen LogP contribution in [0.2, 0.25) is 0 Å². The van der Waals surface area contributed by atoms with Crippen molar-refractivity contribution >= 4 is 22.1 Å². The molecule has 0 bridgehead atoms. The lowest BCUT2D eigenvalue weighted by molar-refractivity contribution is 0.199. The fourth-order valence-electron chi connectivity index (χ4n) is 2.64. The van der Waals surface area contributed by atoms with Crippen molar-refractivity contribution in [2.75, 3.05) is 58.4 Å². The second-order valence-corrected chi connectivity index (χ2v) is 6.27. The summed E-state index contributed by atoms with van der Waals surface area (Å²) in [6.45, 7) is 6.71. The van der Waals surface area contributed by atoms with E-state index in [1.807, 2.05) is 0 Å². The van der Waals surface area contributed by atoms with Gasteiger partial charge in [-0.3, -0.25) is 4.40 Å². The molecule has 3 heterocycles. The van der Waals surface area contributed by atoms with Crippen molar-refractivity contribution in [2.45, 2.75) is 6.54 Å². The van der Waals surface area contributed by atoms with Gasteiger partial charge < -0.3 is 19.9 Å². The molecule has 116 valence electrons. The number of fused-ring (bicyclic) bond motifs is 1. The zero-order valence-electron chi connectivity index (χ0n) is 12.7. The van der Waals surface area contributed by atoms with E-state index < -0.39 is 0 Å². The molecular weight excluding hydrogens is 286 g/mol. The van der Waals surface area contributed by atoms with E-state index in [4.69, 9.17) is 9.72 Å². The van der Waals surface area contributed by atoms with Crippen LogP contribution in [-0.2, 0) is 11.3 Å². The number of piperazine rings is 1. The minimum atomic E-state index is 0.732. The van der Waals surface area contributed by atoms with Crippen LogP contribution in [0.25, 0.3) is 4.96 Å². The number of ether oxygens (including phenoxy) is 1. The van der Waals surface area contributed by atoms with Gasteiger partial charge in [-0.1, -0.05) is 0 Å². The van der Waals surface area contributed by atoms with E-state index in [0.717, 1.165) is 56.7 Å². The van der Waals surface area contributed by atoms with E-state index >= 15 is 0 Å². The molecule has 2 aromatic rings. The van der Waals surface area contributed by atoms with Crippen LogP contribution in [0.3, 0.4) is 0 Å². The Morgan fingerprint density at radius 3 is 2.90 bits per heavy atom. The molecule has 0 amide bonds. The molecule has 1 aliphatic heterocycles. The van der Waals surface area contributed by atoms with Crippen molar-refractivity contribution in [3.05, 3.63) is 17.3 Å². The summed E-state index contributed by atoms with van der Waals surface area (Å²) >= 11 is 1.69. The number of nitrogens with one attached hydrogen (secondary N) is 1. The Bertz CT molecular complexity index is 573. The molecule has 1 fully saturated rings. The van der Waals surface area contributed by atoms with Gasteiger partial charge in [-0.2, -0.15) is 0 Å². The first-order chi connectivity index (χ1) is 10.3. The Hall–Kier alpha value is -1.15. The Labute approximate surface area is 129 Å². The van der Waals surface area contributed by atoms with Crippen LogP contribution < -0.4 is 10.2 Å². The summed E-state index contributed by atoms with van der Waals surface area (Å²) in [6.07, 6.45) is 2.11. The molecule has 1 N–H and O–H groups in total. The molecule has 2 aromatic heterocycles. The number of hydrogen-bond donors (Lipinski definition) is 1. The molecule has 0 radical (unpaired) electrons. The van der Waals surface area contributed by atoms with E-state index in [0.29, 0.717) is 0 Å². The number of nitrogens with zero attached hydrogens (tertiary/aromatic N) is 4. The largest absolute Gasteiger partial charge is 0.383 e. The number of likely N-dealkylation sites (N-methyl/N-ethyl adjacent to an activating group) is 1. The van der Waals surface area contributed by atoms with Crippen molar-refractivity contribution in [2.24, 2.45) is 0 Å². The third-order valence-corrected chi connectivity index (χ3v) is 4.67. The maximum Gasteiger partial charge on any atom is 0.195 e. The maximum atomic E-state index is 5.09. The van der Waals surface area contributed by atoms with Crippen molar-refractivity contribution in [1.29, 1.82) is 0 Å². The molecule has 0 aromatic carbocycles. The van der Waals surface area contributed by atoms with Crippen LogP contribution >= 0.6 is 11.3 Å². The molecular formula is C14H23N5OS. The summed E-state index contributed by atoms with van der Waals surface area (Å²) in [5, 5.41) is 5.53. The fourth-order valence-corrected chi connectivity index (χ4v) is 3.37. The Kier molecular flexibility index (Phi) is 4.74. The Balaban J connectivity index is 1.78. The van der Waals surface area contributed by atoms with Gasteiger partial charge in [-0.25, -0.2) is 4.98 Å². The molecule has 1 saturated heterocycles. The molecule has 7 heteroatoms. The second-order valence-electron chi connectivity index (χ2n) is 5.40. The molecule has 0 spiro atoms. The van der Waals surface area contributed by atoms with Crippen LogP contribution in [0.5, 0.6) is 0 Å². The minimum Gasteiger partial charge on any atom is -0.383 e. The molecule has 0 atom stereocenters.